The van der Waals surface area contributed by atoms with Crippen molar-refractivity contribution in [3.8, 4) is 28.4 Å². The standard InChI is InChI=1S/C31H38N2O12/c34-15-22-27(38)28(39)29(40)31(45-22)44-18-3-1-17(2-4-18)21-16-43-30-20(14-33-7-11-42-12-8-33)24(35)19(25(36)23(30)26(21)37)13-32-5-9-41-10-6-32/h1-4,16,22,27-29,31,34-36,38-40H,5-15H2. The Labute approximate surface area is 258 Å². The molecule has 0 spiro atoms. The number of nitrogens with one attached hydrogen (secondary N) is 2. The van der Waals surface area contributed by atoms with Crippen LogP contribution >= 0.6 is 0 Å². The Kier molecular flexibility index (Phi) is 9.56. The summed E-state index contributed by atoms with van der Waals surface area (Å²) >= 11 is 0. The van der Waals surface area contributed by atoms with Crippen LogP contribution < -0.4 is 30.2 Å². The molecule has 14 nitrogen and oxygen atoms in total. The lowest BCUT2D eigenvalue weighted by atomic mass is 9.98. The molecular weight excluding hydrogens is 592 g/mol. The molecule has 6 rings (SSSR count). The van der Waals surface area contributed by atoms with E-state index in [9.17, 15) is 35.4 Å². The first kappa shape index (κ1) is 31.7. The quantitative estimate of drug-likeness (QED) is 0.140. The Morgan fingerprint density at radius 1 is 0.822 bits per heavy atom. The monoisotopic (exact) mass is 630 g/mol. The minimum atomic E-state index is -1.59. The van der Waals surface area contributed by atoms with Crippen molar-refractivity contribution in [2.75, 3.05) is 59.2 Å². The second-order valence-corrected chi connectivity index (χ2v) is 11.7. The van der Waals surface area contributed by atoms with Gasteiger partial charge in [0.05, 0.1) is 44.0 Å². The predicted octanol–water partition coefficient (Wildman–Crippen LogP) is -4.38. The van der Waals surface area contributed by atoms with Crippen molar-refractivity contribution < 1.29 is 63.8 Å². The van der Waals surface area contributed by atoms with Crippen LogP contribution in [-0.2, 0) is 27.3 Å². The normalized spacial score (nSPS) is 26.7. The van der Waals surface area contributed by atoms with Gasteiger partial charge in [-0.3, -0.25) is 4.79 Å². The van der Waals surface area contributed by atoms with E-state index >= 15 is 0 Å². The smallest absolute Gasteiger partial charge is 0.229 e. The number of quaternary nitrogens is 2. The zero-order valence-electron chi connectivity index (χ0n) is 24.6. The van der Waals surface area contributed by atoms with Gasteiger partial charge in [0.25, 0.3) is 0 Å². The summed E-state index contributed by atoms with van der Waals surface area (Å²) in [4.78, 5) is 16.1. The largest absolute Gasteiger partial charge is 0.872 e. The molecule has 0 aliphatic carbocycles. The highest BCUT2D eigenvalue weighted by molar-refractivity contribution is 5.92. The maximum atomic E-state index is 14.0. The molecule has 244 valence electrons. The maximum Gasteiger partial charge on any atom is 0.229 e. The molecule has 4 heterocycles. The van der Waals surface area contributed by atoms with Crippen molar-refractivity contribution in [1.82, 2.24) is 0 Å². The van der Waals surface area contributed by atoms with E-state index in [-0.39, 0.29) is 40.1 Å². The van der Waals surface area contributed by atoms with Crippen LogP contribution in [0.1, 0.15) is 11.1 Å². The summed E-state index contributed by atoms with van der Waals surface area (Å²) in [7, 11) is 0. The zero-order valence-corrected chi connectivity index (χ0v) is 24.6. The van der Waals surface area contributed by atoms with E-state index in [4.69, 9.17) is 23.4 Å². The van der Waals surface area contributed by atoms with Gasteiger partial charge in [0.1, 0.15) is 81.3 Å². The van der Waals surface area contributed by atoms with E-state index in [0.717, 1.165) is 9.80 Å². The highest BCUT2D eigenvalue weighted by Gasteiger charge is 2.44. The summed E-state index contributed by atoms with van der Waals surface area (Å²) < 4.78 is 27.9. The molecule has 2 aromatic carbocycles. The van der Waals surface area contributed by atoms with Crippen molar-refractivity contribution in [2.24, 2.45) is 0 Å². The molecule has 3 fully saturated rings. The molecule has 3 aliphatic rings. The molecule has 1 aromatic heterocycles. The van der Waals surface area contributed by atoms with Gasteiger partial charge in [-0.05, 0) is 23.3 Å². The minimum absolute atomic E-state index is 0.0149. The second-order valence-electron chi connectivity index (χ2n) is 11.7. The van der Waals surface area contributed by atoms with Gasteiger partial charge in [-0.15, -0.1) is 0 Å². The number of aliphatic hydroxyl groups excluding tert-OH is 4. The minimum Gasteiger partial charge on any atom is -0.872 e. The highest BCUT2D eigenvalue weighted by Crippen LogP contribution is 2.36. The highest BCUT2D eigenvalue weighted by atomic mass is 16.7. The third kappa shape index (κ3) is 6.38. The van der Waals surface area contributed by atoms with Gasteiger partial charge in [-0.2, -0.15) is 0 Å². The molecule has 0 amide bonds. The van der Waals surface area contributed by atoms with Crippen LogP contribution in [0, 0.1) is 0 Å². The number of ether oxygens (including phenoxy) is 4. The summed E-state index contributed by atoms with van der Waals surface area (Å²) in [5.41, 5.74) is 0.386. The molecule has 0 saturated carbocycles. The van der Waals surface area contributed by atoms with Gasteiger partial charge in [0.2, 0.25) is 6.29 Å². The van der Waals surface area contributed by atoms with Crippen LogP contribution in [0.2, 0.25) is 0 Å². The fourth-order valence-electron chi connectivity index (χ4n) is 6.14. The third-order valence-corrected chi connectivity index (χ3v) is 8.84. The molecule has 45 heavy (non-hydrogen) atoms. The van der Waals surface area contributed by atoms with Crippen LogP contribution in [-0.4, -0.2) is 110 Å². The van der Waals surface area contributed by atoms with E-state index in [0.29, 0.717) is 70.3 Å². The Morgan fingerprint density at radius 2 is 1.42 bits per heavy atom. The maximum absolute atomic E-state index is 14.0. The first-order valence-corrected chi connectivity index (χ1v) is 15.1. The molecule has 3 saturated heterocycles. The molecule has 14 heteroatoms. The van der Waals surface area contributed by atoms with Crippen LogP contribution in [0.25, 0.3) is 22.1 Å². The lowest BCUT2D eigenvalue weighted by molar-refractivity contribution is -0.922. The van der Waals surface area contributed by atoms with Gasteiger partial charge in [0.15, 0.2) is 5.43 Å². The van der Waals surface area contributed by atoms with Crippen molar-refractivity contribution >= 4 is 11.0 Å². The topological polar surface area (TPSA) is 203 Å². The Bertz CT molecular complexity index is 1530. The van der Waals surface area contributed by atoms with Crippen LogP contribution in [0.5, 0.6) is 17.2 Å². The summed E-state index contributed by atoms with van der Waals surface area (Å²) in [5, 5.41) is 67.2. The average molecular weight is 631 g/mol. The number of rotatable bonds is 8. The Balaban J connectivity index is 1.33. The van der Waals surface area contributed by atoms with Crippen LogP contribution in [0.15, 0.2) is 39.7 Å². The van der Waals surface area contributed by atoms with E-state index in [1.54, 1.807) is 12.1 Å². The van der Waals surface area contributed by atoms with Gasteiger partial charge >= 0.3 is 0 Å². The average Bonchev–Trinajstić information content (AvgIpc) is 3.06. The first-order chi connectivity index (χ1) is 21.8. The summed E-state index contributed by atoms with van der Waals surface area (Å²) in [6.07, 6.45) is -5.95. The van der Waals surface area contributed by atoms with Crippen LogP contribution in [0.3, 0.4) is 0 Å². The third-order valence-electron chi connectivity index (χ3n) is 8.84. The fourth-order valence-corrected chi connectivity index (χ4v) is 6.14. The van der Waals surface area contributed by atoms with Gasteiger partial charge < -0.3 is 63.8 Å². The van der Waals surface area contributed by atoms with Crippen molar-refractivity contribution in [3.63, 3.8) is 0 Å². The summed E-state index contributed by atoms with van der Waals surface area (Å²) in [5.74, 6) is -0.788. The molecule has 0 radical (unpaired) electrons. The van der Waals surface area contributed by atoms with Gasteiger partial charge in [-0.1, -0.05) is 23.6 Å². The van der Waals surface area contributed by atoms with E-state index in [2.05, 4.69) is 0 Å². The zero-order chi connectivity index (χ0) is 31.7. The van der Waals surface area contributed by atoms with E-state index in [1.807, 2.05) is 0 Å². The number of hydrogen-bond donors (Lipinski definition) is 6. The molecule has 5 unspecified atom stereocenters. The van der Waals surface area contributed by atoms with Crippen molar-refractivity contribution in [1.29, 1.82) is 0 Å². The number of hydrogen-bond acceptors (Lipinski definition) is 12. The predicted molar refractivity (Wildman–Crippen MR) is 152 cm³/mol. The van der Waals surface area contributed by atoms with Gasteiger partial charge in [-0.25, -0.2) is 0 Å². The lowest BCUT2D eigenvalue weighted by Crippen LogP contribution is -3.13. The second kappa shape index (κ2) is 13.6. The molecular formula is C31H38N2O12. The lowest BCUT2D eigenvalue weighted by Gasteiger charge is -2.39. The molecule has 6 N–H and O–H groups in total. The molecule has 3 aliphatic heterocycles. The fraction of sp³-hybridized carbons (Fsp3) is 0.516. The number of fused-ring (bicyclic) bond motifs is 1. The van der Waals surface area contributed by atoms with E-state index in [1.165, 1.54) is 18.4 Å². The SMILES string of the molecule is O=c1c(-c2ccc(OC3OC(CO)C(O)C(O)C3O)cc2)coc2c(C[NH+]3CCOCC3)c([O-])c(C[NH+]3CCOCC3)c([O-])c12. The summed E-state index contributed by atoms with van der Waals surface area (Å²) in [6, 6.07) is 6.11. The van der Waals surface area contributed by atoms with Crippen molar-refractivity contribution in [3.05, 3.63) is 51.9 Å². The van der Waals surface area contributed by atoms with Gasteiger partial charge in [0, 0.05) is 5.56 Å². The van der Waals surface area contributed by atoms with Crippen molar-refractivity contribution in [2.45, 2.75) is 43.8 Å². The number of morpholine rings is 2. The molecule has 3 aromatic rings. The summed E-state index contributed by atoms with van der Waals surface area (Å²) in [6.45, 7) is 4.71. The Morgan fingerprint density at radius 3 is 2.02 bits per heavy atom. The first-order valence-electron chi connectivity index (χ1n) is 15.1. The number of benzene rings is 2. The molecule has 0 bridgehead atoms. The Hall–Kier alpha value is -3.31. The number of aliphatic hydroxyl groups is 4. The van der Waals surface area contributed by atoms with E-state index < -0.39 is 48.5 Å². The van der Waals surface area contributed by atoms with Crippen LogP contribution in [0.4, 0.5) is 0 Å². The molecule has 5 atom stereocenters.